The summed E-state index contributed by atoms with van der Waals surface area (Å²) in [5, 5.41) is 1.44. The molecular weight excluding hydrogens is 196 g/mol. The number of rotatable bonds is 3. The molecule has 1 fully saturated rings. The summed E-state index contributed by atoms with van der Waals surface area (Å²) in [5.41, 5.74) is 5.56. The number of nitrogens with zero attached hydrogens (tertiary/aromatic N) is 1. The monoisotopic (exact) mass is 212 g/mol. The van der Waals surface area contributed by atoms with Gasteiger partial charge in [0.1, 0.15) is 5.00 Å². The van der Waals surface area contributed by atoms with Crippen molar-refractivity contribution in [3.8, 4) is 5.19 Å². The van der Waals surface area contributed by atoms with Gasteiger partial charge >= 0.3 is 0 Å². The molecule has 4 heteroatoms. The van der Waals surface area contributed by atoms with E-state index in [1.54, 1.807) is 6.20 Å². The number of ether oxygens (including phenoxy) is 1. The van der Waals surface area contributed by atoms with E-state index in [1.165, 1.54) is 43.4 Å². The van der Waals surface area contributed by atoms with Crippen molar-refractivity contribution in [2.24, 2.45) is 5.92 Å². The lowest BCUT2D eigenvalue weighted by Crippen LogP contribution is -2.15. The molecule has 0 bridgehead atoms. The fourth-order valence-electron chi connectivity index (χ4n) is 1.88. The summed E-state index contributed by atoms with van der Waals surface area (Å²) < 4.78 is 5.59. The Morgan fingerprint density at radius 3 is 2.86 bits per heavy atom. The second-order valence-electron chi connectivity index (χ2n) is 3.84. The molecular formula is C10H16N2OS. The van der Waals surface area contributed by atoms with E-state index in [1.807, 2.05) is 0 Å². The van der Waals surface area contributed by atoms with Crippen molar-refractivity contribution < 1.29 is 4.74 Å². The van der Waals surface area contributed by atoms with Crippen molar-refractivity contribution in [2.45, 2.75) is 32.1 Å². The fraction of sp³-hybridized carbons (Fsp3) is 0.700. The van der Waals surface area contributed by atoms with Gasteiger partial charge in [0.25, 0.3) is 5.19 Å². The summed E-state index contributed by atoms with van der Waals surface area (Å²) in [6.45, 7) is 0.812. The van der Waals surface area contributed by atoms with Crippen molar-refractivity contribution in [3.05, 3.63) is 6.20 Å². The van der Waals surface area contributed by atoms with E-state index in [0.717, 1.165) is 17.5 Å². The van der Waals surface area contributed by atoms with E-state index in [0.29, 0.717) is 5.19 Å². The van der Waals surface area contributed by atoms with E-state index in [-0.39, 0.29) is 0 Å². The summed E-state index contributed by atoms with van der Waals surface area (Å²) >= 11 is 1.42. The molecule has 0 atom stereocenters. The number of nitrogens with two attached hydrogens (primary N) is 1. The van der Waals surface area contributed by atoms with E-state index in [2.05, 4.69) is 4.98 Å². The molecule has 1 aromatic rings. The van der Waals surface area contributed by atoms with Gasteiger partial charge in [-0.15, -0.1) is 0 Å². The van der Waals surface area contributed by atoms with Crippen LogP contribution in [0.15, 0.2) is 6.20 Å². The summed E-state index contributed by atoms with van der Waals surface area (Å²) in [5.74, 6) is 0.730. The van der Waals surface area contributed by atoms with Crippen LogP contribution in [0.2, 0.25) is 0 Å². The topological polar surface area (TPSA) is 48.1 Å². The lowest BCUT2D eigenvalue weighted by Gasteiger charge is -2.20. The smallest absolute Gasteiger partial charge is 0.275 e. The molecule has 1 heterocycles. The van der Waals surface area contributed by atoms with Gasteiger partial charge in [-0.2, -0.15) is 0 Å². The van der Waals surface area contributed by atoms with E-state index >= 15 is 0 Å². The molecule has 1 aliphatic rings. The molecule has 14 heavy (non-hydrogen) atoms. The molecule has 1 aromatic heterocycles. The van der Waals surface area contributed by atoms with Crippen molar-refractivity contribution in [2.75, 3.05) is 12.3 Å². The molecule has 78 valence electrons. The van der Waals surface area contributed by atoms with Crippen LogP contribution in [0.1, 0.15) is 32.1 Å². The largest absolute Gasteiger partial charge is 0.470 e. The second kappa shape index (κ2) is 4.64. The maximum absolute atomic E-state index is 5.59. The molecule has 0 unspecified atom stereocenters. The van der Waals surface area contributed by atoms with E-state index in [9.17, 15) is 0 Å². The van der Waals surface area contributed by atoms with Crippen LogP contribution in [0.25, 0.3) is 0 Å². The minimum atomic E-state index is 0.716. The summed E-state index contributed by atoms with van der Waals surface area (Å²) in [6.07, 6.45) is 8.37. The lowest BCUT2D eigenvalue weighted by molar-refractivity contribution is 0.208. The first-order valence-electron chi connectivity index (χ1n) is 5.18. The van der Waals surface area contributed by atoms with Gasteiger partial charge in [-0.05, 0) is 18.8 Å². The second-order valence-corrected chi connectivity index (χ2v) is 4.87. The molecule has 0 saturated heterocycles. The Bertz CT molecular complexity index is 281. The first kappa shape index (κ1) is 9.77. The lowest BCUT2D eigenvalue weighted by atomic mass is 9.90. The zero-order valence-corrected chi connectivity index (χ0v) is 9.05. The maximum Gasteiger partial charge on any atom is 0.275 e. The molecule has 0 spiro atoms. The van der Waals surface area contributed by atoms with Gasteiger partial charge in [-0.1, -0.05) is 30.6 Å². The van der Waals surface area contributed by atoms with E-state index < -0.39 is 0 Å². The van der Waals surface area contributed by atoms with Crippen molar-refractivity contribution in [1.29, 1.82) is 0 Å². The summed E-state index contributed by atoms with van der Waals surface area (Å²) in [4.78, 5) is 4.07. The SMILES string of the molecule is Nc1cnc(OCC2CCCCC2)s1. The Kier molecular flexibility index (Phi) is 3.24. The fourth-order valence-corrected chi connectivity index (χ4v) is 2.42. The molecule has 2 rings (SSSR count). The average Bonchev–Trinajstić information content (AvgIpc) is 2.63. The number of hydrogen-bond acceptors (Lipinski definition) is 4. The third kappa shape index (κ3) is 2.61. The Balaban J connectivity index is 1.76. The Morgan fingerprint density at radius 1 is 1.43 bits per heavy atom. The van der Waals surface area contributed by atoms with Crippen LogP contribution in [-0.4, -0.2) is 11.6 Å². The Morgan fingerprint density at radius 2 is 2.21 bits per heavy atom. The molecule has 0 radical (unpaired) electrons. The standard InChI is InChI=1S/C10H16N2OS/c11-9-6-12-10(14-9)13-7-8-4-2-1-3-5-8/h6,8H,1-5,7,11H2. The van der Waals surface area contributed by atoms with Crippen LogP contribution in [0, 0.1) is 5.92 Å². The van der Waals surface area contributed by atoms with Gasteiger partial charge < -0.3 is 10.5 Å². The number of thiazole rings is 1. The molecule has 0 aromatic carbocycles. The molecule has 0 amide bonds. The third-order valence-electron chi connectivity index (χ3n) is 2.67. The van der Waals surface area contributed by atoms with Crippen LogP contribution < -0.4 is 10.5 Å². The van der Waals surface area contributed by atoms with Gasteiger partial charge in [0, 0.05) is 0 Å². The van der Waals surface area contributed by atoms with Gasteiger partial charge in [0.05, 0.1) is 12.8 Å². The van der Waals surface area contributed by atoms with E-state index in [4.69, 9.17) is 10.5 Å². The van der Waals surface area contributed by atoms with Crippen molar-refractivity contribution >= 4 is 16.3 Å². The van der Waals surface area contributed by atoms with Gasteiger partial charge in [-0.25, -0.2) is 4.98 Å². The van der Waals surface area contributed by atoms with Crippen molar-refractivity contribution in [1.82, 2.24) is 4.98 Å². The zero-order chi connectivity index (χ0) is 9.80. The first-order valence-corrected chi connectivity index (χ1v) is 6.00. The predicted octanol–water partition coefficient (Wildman–Crippen LogP) is 2.68. The van der Waals surface area contributed by atoms with Crippen LogP contribution in [0.5, 0.6) is 5.19 Å². The third-order valence-corrected chi connectivity index (χ3v) is 3.41. The molecule has 3 nitrogen and oxygen atoms in total. The Labute approximate surface area is 88.3 Å². The van der Waals surface area contributed by atoms with Crippen molar-refractivity contribution in [3.63, 3.8) is 0 Å². The highest BCUT2D eigenvalue weighted by atomic mass is 32.1. The van der Waals surface area contributed by atoms with Gasteiger partial charge in [0.15, 0.2) is 0 Å². The number of nitrogen functional groups attached to an aromatic ring is 1. The van der Waals surface area contributed by atoms with Crippen LogP contribution in [0.4, 0.5) is 5.00 Å². The molecule has 1 saturated carbocycles. The maximum atomic E-state index is 5.59. The highest BCUT2D eigenvalue weighted by Gasteiger charge is 2.14. The van der Waals surface area contributed by atoms with Crippen LogP contribution in [-0.2, 0) is 0 Å². The number of aromatic nitrogens is 1. The van der Waals surface area contributed by atoms with Gasteiger partial charge in [0.2, 0.25) is 0 Å². The minimum absolute atomic E-state index is 0.716. The molecule has 2 N–H and O–H groups in total. The minimum Gasteiger partial charge on any atom is -0.470 e. The summed E-state index contributed by atoms with van der Waals surface area (Å²) in [6, 6.07) is 0. The van der Waals surface area contributed by atoms with Gasteiger partial charge in [-0.3, -0.25) is 0 Å². The molecule has 1 aliphatic carbocycles. The highest BCUT2D eigenvalue weighted by Crippen LogP contribution is 2.26. The Hall–Kier alpha value is -0.770. The number of hydrogen-bond donors (Lipinski definition) is 1. The number of anilines is 1. The quantitative estimate of drug-likeness (QED) is 0.838. The summed E-state index contributed by atoms with van der Waals surface area (Å²) in [7, 11) is 0. The van der Waals surface area contributed by atoms with Crippen LogP contribution >= 0.6 is 11.3 Å². The normalized spacial score (nSPS) is 18.3. The average molecular weight is 212 g/mol. The van der Waals surface area contributed by atoms with Crippen LogP contribution in [0.3, 0.4) is 0 Å². The predicted molar refractivity (Wildman–Crippen MR) is 58.6 cm³/mol. The zero-order valence-electron chi connectivity index (χ0n) is 8.24. The molecule has 0 aliphatic heterocycles. The first-order chi connectivity index (χ1) is 6.84. The highest BCUT2D eigenvalue weighted by molar-refractivity contribution is 7.17.